The van der Waals surface area contributed by atoms with Crippen LogP contribution in [0.2, 0.25) is 0 Å². The number of hydrogen-bond acceptors (Lipinski definition) is 3. The molecular weight excluding hydrogens is 312 g/mol. The molecule has 2 aromatic carbocycles. The second kappa shape index (κ2) is 8.67. The molecule has 3 rings (SSSR count). The van der Waals surface area contributed by atoms with Crippen LogP contribution in [0.1, 0.15) is 30.4 Å². The van der Waals surface area contributed by atoms with Crippen molar-refractivity contribution in [2.24, 2.45) is 0 Å². The summed E-state index contributed by atoms with van der Waals surface area (Å²) in [5.41, 5.74) is 2.28. The zero-order valence-corrected chi connectivity index (χ0v) is 14.8. The molecule has 1 heterocycles. The Morgan fingerprint density at radius 2 is 1.88 bits per heavy atom. The van der Waals surface area contributed by atoms with E-state index in [1.807, 2.05) is 36.4 Å². The summed E-state index contributed by atoms with van der Waals surface area (Å²) in [6, 6.07) is 18.3. The number of likely N-dealkylation sites (tertiary alicyclic amines) is 1. The monoisotopic (exact) mass is 338 g/mol. The van der Waals surface area contributed by atoms with E-state index < -0.39 is 0 Å². The fraction of sp³-hybridized carbons (Fsp3) is 0.381. The van der Waals surface area contributed by atoms with Gasteiger partial charge >= 0.3 is 0 Å². The van der Waals surface area contributed by atoms with Crippen molar-refractivity contribution in [3.63, 3.8) is 0 Å². The molecule has 1 atom stereocenters. The third-order valence-corrected chi connectivity index (χ3v) is 4.75. The van der Waals surface area contributed by atoms with Crippen molar-refractivity contribution in [2.45, 2.75) is 38.5 Å². The number of likely N-dealkylation sites (N-methyl/N-ethyl adjacent to an activating group) is 1. The van der Waals surface area contributed by atoms with Crippen molar-refractivity contribution in [3.8, 4) is 5.75 Å². The number of nitrogens with one attached hydrogen (secondary N) is 1. The van der Waals surface area contributed by atoms with Gasteiger partial charge < -0.3 is 10.1 Å². The zero-order chi connectivity index (χ0) is 17.5. The predicted molar refractivity (Wildman–Crippen MR) is 99.3 cm³/mol. The van der Waals surface area contributed by atoms with Gasteiger partial charge in [0.25, 0.3) is 0 Å². The summed E-state index contributed by atoms with van der Waals surface area (Å²) in [6.07, 6.45) is 3.17. The van der Waals surface area contributed by atoms with Gasteiger partial charge in [-0.2, -0.15) is 0 Å². The van der Waals surface area contributed by atoms with Crippen LogP contribution in [0.5, 0.6) is 5.75 Å². The highest BCUT2D eigenvalue weighted by Crippen LogP contribution is 2.25. The van der Waals surface area contributed by atoms with Gasteiger partial charge in [-0.1, -0.05) is 55.0 Å². The molecule has 1 saturated heterocycles. The number of para-hydroxylation sites is 1. The molecule has 1 amide bonds. The average molecular weight is 338 g/mol. The molecule has 0 radical (unpaired) electrons. The highest BCUT2D eigenvalue weighted by molar-refractivity contribution is 5.81. The minimum atomic E-state index is -0.0408. The van der Waals surface area contributed by atoms with E-state index in [9.17, 15) is 4.79 Å². The molecule has 0 bridgehead atoms. The summed E-state index contributed by atoms with van der Waals surface area (Å²) in [5.74, 6) is 1.01. The molecule has 0 spiro atoms. The Labute approximate surface area is 149 Å². The molecular formula is C21H26N2O2. The maximum atomic E-state index is 12.2. The van der Waals surface area contributed by atoms with Crippen molar-refractivity contribution in [1.29, 1.82) is 0 Å². The highest BCUT2D eigenvalue weighted by Gasteiger charge is 2.28. The maximum absolute atomic E-state index is 12.2. The first-order valence-corrected chi connectivity index (χ1v) is 8.98. The number of carbonyl (C=O) groups is 1. The van der Waals surface area contributed by atoms with Gasteiger partial charge in [0.15, 0.2) is 0 Å². The van der Waals surface area contributed by atoms with Gasteiger partial charge in [0.05, 0.1) is 6.04 Å². The van der Waals surface area contributed by atoms with Crippen LogP contribution in [-0.4, -0.2) is 30.4 Å². The molecule has 1 aliphatic rings. The fourth-order valence-corrected chi connectivity index (χ4v) is 3.37. The quantitative estimate of drug-likeness (QED) is 0.878. The van der Waals surface area contributed by atoms with Crippen LogP contribution in [-0.2, 0) is 17.9 Å². The van der Waals surface area contributed by atoms with Crippen molar-refractivity contribution in [1.82, 2.24) is 10.2 Å². The molecule has 0 aromatic heterocycles. The normalized spacial score (nSPS) is 17.9. The van der Waals surface area contributed by atoms with E-state index >= 15 is 0 Å². The number of hydrogen-bond donors (Lipinski definition) is 1. The van der Waals surface area contributed by atoms with Gasteiger partial charge in [-0.05, 0) is 31.0 Å². The highest BCUT2D eigenvalue weighted by atomic mass is 16.5. The van der Waals surface area contributed by atoms with Crippen LogP contribution in [0.3, 0.4) is 0 Å². The minimum absolute atomic E-state index is 0.0408. The first-order chi connectivity index (χ1) is 12.3. The minimum Gasteiger partial charge on any atom is -0.489 e. The molecule has 25 heavy (non-hydrogen) atoms. The largest absolute Gasteiger partial charge is 0.489 e. The van der Waals surface area contributed by atoms with Crippen LogP contribution in [0.15, 0.2) is 54.6 Å². The van der Waals surface area contributed by atoms with E-state index in [2.05, 4.69) is 28.4 Å². The lowest BCUT2D eigenvalue weighted by molar-refractivity contribution is -0.127. The van der Waals surface area contributed by atoms with Crippen LogP contribution in [0.4, 0.5) is 0 Å². The number of nitrogens with zero attached hydrogens (tertiary/aromatic N) is 1. The number of carbonyl (C=O) groups excluding carboxylic acids is 1. The summed E-state index contributed by atoms with van der Waals surface area (Å²) in [6.45, 7) is 2.24. The van der Waals surface area contributed by atoms with E-state index in [-0.39, 0.29) is 11.9 Å². The summed E-state index contributed by atoms with van der Waals surface area (Å²) < 4.78 is 6.06. The van der Waals surface area contributed by atoms with Gasteiger partial charge in [-0.25, -0.2) is 0 Å². The fourth-order valence-electron chi connectivity index (χ4n) is 3.37. The molecule has 0 aliphatic carbocycles. The van der Waals surface area contributed by atoms with Gasteiger partial charge in [-0.3, -0.25) is 9.69 Å². The Kier molecular flexibility index (Phi) is 6.07. The first kappa shape index (κ1) is 17.5. The molecule has 1 N–H and O–H groups in total. The van der Waals surface area contributed by atoms with E-state index in [0.717, 1.165) is 49.2 Å². The summed E-state index contributed by atoms with van der Waals surface area (Å²) in [7, 11) is 1.71. The third kappa shape index (κ3) is 4.60. The van der Waals surface area contributed by atoms with Gasteiger partial charge in [0, 0.05) is 19.2 Å². The molecule has 132 valence electrons. The number of rotatable bonds is 6. The summed E-state index contributed by atoms with van der Waals surface area (Å²) >= 11 is 0. The standard InChI is InChI=1S/C21H26N2O2/c1-22-21(24)19-12-7-8-14-23(19)15-18-11-5-6-13-20(18)25-16-17-9-3-2-4-10-17/h2-6,9-11,13,19H,7-8,12,14-16H2,1H3,(H,22,24). The van der Waals surface area contributed by atoms with Crippen molar-refractivity contribution >= 4 is 5.91 Å². The lowest BCUT2D eigenvalue weighted by Gasteiger charge is -2.34. The number of benzene rings is 2. The van der Waals surface area contributed by atoms with E-state index in [0.29, 0.717) is 6.61 Å². The smallest absolute Gasteiger partial charge is 0.237 e. The zero-order valence-electron chi connectivity index (χ0n) is 14.8. The lowest BCUT2D eigenvalue weighted by atomic mass is 10.0. The Morgan fingerprint density at radius 1 is 1.12 bits per heavy atom. The maximum Gasteiger partial charge on any atom is 0.237 e. The second-order valence-corrected chi connectivity index (χ2v) is 6.48. The van der Waals surface area contributed by atoms with Gasteiger partial charge in [0.2, 0.25) is 5.91 Å². The van der Waals surface area contributed by atoms with Crippen molar-refractivity contribution in [2.75, 3.05) is 13.6 Å². The first-order valence-electron chi connectivity index (χ1n) is 8.98. The topological polar surface area (TPSA) is 41.6 Å². The van der Waals surface area contributed by atoms with Crippen molar-refractivity contribution in [3.05, 3.63) is 65.7 Å². The Morgan fingerprint density at radius 3 is 2.68 bits per heavy atom. The summed E-state index contributed by atoms with van der Waals surface area (Å²) in [4.78, 5) is 14.4. The van der Waals surface area contributed by atoms with Crippen LogP contribution >= 0.6 is 0 Å². The van der Waals surface area contributed by atoms with Crippen molar-refractivity contribution < 1.29 is 9.53 Å². The second-order valence-electron chi connectivity index (χ2n) is 6.48. The molecule has 2 aromatic rings. The van der Waals surface area contributed by atoms with E-state index in [1.165, 1.54) is 0 Å². The SMILES string of the molecule is CNC(=O)C1CCCCN1Cc1ccccc1OCc1ccccc1. The third-order valence-electron chi connectivity index (χ3n) is 4.75. The Hall–Kier alpha value is -2.33. The van der Waals surface area contributed by atoms with Crippen LogP contribution < -0.4 is 10.1 Å². The summed E-state index contributed by atoms with van der Waals surface area (Å²) in [5, 5.41) is 2.80. The molecule has 1 unspecified atom stereocenters. The molecule has 0 saturated carbocycles. The van der Waals surface area contributed by atoms with Crippen LogP contribution in [0, 0.1) is 0 Å². The van der Waals surface area contributed by atoms with E-state index in [1.54, 1.807) is 7.05 Å². The lowest BCUT2D eigenvalue weighted by Crippen LogP contribution is -2.48. The van der Waals surface area contributed by atoms with Gasteiger partial charge in [0.1, 0.15) is 12.4 Å². The Bertz CT molecular complexity index is 687. The van der Waals surface area contributed by atoms with E-state index in [4.69, 9.17) is 4.74 Å². The molecule has 4 heteroatoms. The predicted octanol–water partition coefficient (Wildman–Crippen LogP) is 3.37. The van der Waals surface area contributed by atoms with Crippen LogP contribution in [0.25, 0.3) is 0 Å². The Balaban J connectivity index is 1.70. The molecule has 1 aliphatic heterocycles. The number of amides is 1. The van der Waals surface area contributed by atoms with Gasteiger partial charge in [-0.15, -0.1) is 0 Å². The molecule has 4 nitrogen and oxygen atoms in total. The number of piperidine rings is 1. The average Bonchev–Trinajstić information content (AvgIpc) is 2.68. The number of ether oxygens (including phenoxy) is 1. The molecule has 1 fully saturated rings.